The quantitative estimate of drug-likeness (QED) is 0.0800. The van der Waals surface area contributed by atoms with Crippen molar-refractivity contribution >= 4 is 69.3 Å². The number of fused-ring (bicyclic) bond motifs is 2. The number of aliphatic hydroxyl groups excluding tert-OH is 1. The van der Waals surface area contributed by atoms with Gasteiger partial charge in [-0.1, -0.05) is 0 Å². The van der Waals surface area contributed by atoms with Gasteiger partial charge in [-0.25, -0.2) is 0 Å². The van der Waals surface area contributed by atoms with Gasteiger partial charge in [-0.15, -0.1) is 0 Å². The van der Waals surface area contributed by atoms with Crippen molar-refractivity contribution in [1.29, 1.82) is 0 Å². The van der Waals surface area contributed by atoms with Crippen LogP contribution in [0.2, 0.25) is 0 Å². The van der Waals surface area contributed by atoms with Crippen LogP contribution in [0.3, 0.4) is 0 Å². The van der Waals surface area contributed by atoms with E-state index in [0.29, 0.717) is 22.6 Å². The third kappa shape index (κ3) is 9.07. The molecule has 1 aliphatic carbocycles. The zero-order valence-corrected chi connectivity index (χ0v) is 34.0. The van der Waals surface area contributed by atoms with E-state index in [9.17, 15) is 71.7 Å². The molecule has 2 heterocycles. The van der Waals surface area contributed by atoms with Crippen LogP contribution in [0.25, 0.3) is 0 Å². The first kappa shape index (κ1) is 43.8. The van der Waals surface area contributed by atoms with Gasteiger partial charge in [0, 0.05) is 53.9 Å². The fourth-order valence-electron chi connectivity index (χ4n) is 7.56. The fraction of sp³-hybridized carbons (Fsp3) is 0.400. The van der Waals surface area contributed by atoms with Crippen molar-refractivity contribution in [2.24, 2.45) is 0 Å². The van der Waals surface area contributed by atoms with E-state index in [1.807, 2.05) is 0 Å². The summed E-state index contributed by atoms with van der Waals surface area (Å²) in [6.45, 7) is 4.81. The summed E-state index contributed by atoms with van der Waals surface area (Å²) in [5, 5.41) is 20.9. The number of hydrogen-bond acceptors (Lipinski definition) is 12. The van der Waals surface area contributed by atoms with Crippen molar-refractivity contribution in [2.45, 2.75) is 73.5 Å². The molecule has 2 aromatic rings. The Bertz CT molecular complexity index is 2660. The van der Waals surface area contributed by atoms with Crippen molar-refractivity contribution in [2.75, 3.05) is 29.5 Å². The molecule has 0 aromatic heterocycles. The van der Waals surface area contributed by atoms with Gasteiger partial charge in [-0.3, -0.25) is 27.8 Å². The van der Waals surface area contributed by atoms with Crippen molar-refractivity contribution in [1.82, 2.24) is 0 Å². The predicted molar refractivity (Wildman–Crippen MR) is 204 cm³/mol. The molecule has 1 unspecified atom stereocenters. The Hall–Kier alpha value is -4.29. The number of benzene rings is 2. The van der Waals surface area contributed by atoms with Crippen LogP contribution in [0, 0.1) is 0 Å². The maximum absolute atomic E-state index is 14.0. The Morgan fingerprint density at radius 2 is 1.35 bits per heavy atom. The van der Waals surface area contributed by atoms with Gasteiger partial charge in [0.1, 0.15) is 12.3 Å². The number of anilines is 1. The van der Waals surface area contributed by atoms with Crippen molar-refractivity contribution in [3.63, 3.8) is 0 Å². The molecule has 2 aromatic carbocycles. The van der Waals surface area contributed by atoms with Crippen LogP contribution >= 0.6 is 0 Å². The van der Waals surface area contributed by atoms with Crippen LogP contribution in [0.5, 0.6) is 0 Å². The average Bonchev–Trinajstić information content (AvgIpc) is 3.42. The number of ketones is 1. The monoisotopic (exact) mass is 873 g/mol. The van der Waals surface area contributed by atoms with Crippen LogP contribution < -0.4 is 4.90 Å². The molecule has 0 fully saturated rings. The number of aliphatic hydroxyl groups is 1. The van der Waals surface area contributed by atoms with Crippen LogP contribution in [0.4, 0.5) is 11.4 Å². The number of carbonyl (C=O) groups is 2. The summed E-state index contributed by atoms with van der Waals surface area (Å²) in [5.74, 6) is -3.64. The smallest absolute Gasteiger partial charge is 0.303 e. The molecule has 0 spiro atoms. The molecule has 5 rings (SSSR count). The largest absolute Gasteiger partial charge is 0.506 e. The predicted octanol–water partition coefficient (Wildman–Crippen LogP) is 3.35. The highest BCUT2D eigenvalue weighted by atomic mass is 32.2. The van der Waals surface area contributed by atoms with Crippen molar-refractivity contribution < 1.29 is 76.3 Å². The first-order valence-corrected chi connectivity index (χ1v) is 23.4. The number of carbonyl (C=O) groups excluding carboxylic acids is 1. The Labute approximate surface area is 329 Å². The molecule has 6 N–H and O–H groups in total. The topological polar surface area (TPSA) is 298 Å². The average molecular weight is 874 g/mol. The number of hydrogen-bond donors (Lipinski definition) is 6. The Morgan fingerprint density at radius 3 is 1.89 bits per heavy atom. The summed E-state index contributed by atoms with van der Waals surface area (Å²) in [4.78, 5) is 26.1. The van der Waals surface area contributed by atoms with Crippen LogP contribution in [0.1, 0.15) is 64.0 Å². The zero-order chi connectivity index (χ0) is 42.7. The van der Waals surface area contributed by atoms with E-state index < -0.39 is 90.1 Å². The van der Waals surface area contributed by atoms with Gasteiger partial charge < -0.3 is 15.1 Å². The normalized spacial score (nSPS) is 21.0. The standard InChI is InChI=1S/C35H40N2O16S4/c1-34(2)25-17-21(56(48,49)50)8-10-27(25)36(13-5-15-54(42,43)44)29(34)19-23-32(40)24(33(23)41)20-30-35(3,12-4-7-31(38)39)26-18-22(57(51,52)53)9-11-28(26)37(30)14-6-16-55(45,46)47/h8-11,17-20H,4-7,12-16H2,1-3H3,(H5-,38,39,40,41,42,43,44,45,46,47,48,49,50,51,52,53)/p+1. The van der Waals surface area contributed by atoms with E-state index in [0.717, 1.165) is 12.1 Å². The Morgan fingerprint density at radius 1 is 0.789 bits per heavy atom. The van der Waals surface area contributed by atoms with Crippen LogP contribution in [-0.2, 0) is 60.9 Å². The molecule has 57 heavy (non-hydrogen) atoms. The number of carboxylic acids is 1. The molecule has 1 atom stereocenters. The molecule has 0 amide bonds. The molecule has 0 saturated carbocycles. The summed E-state index contributed by atoms with van der Waals surface area (Å²) in [6, 6.07) is 7.40. The maximum atomic E-state index is 14.0. The number of carboxylic acid groups (broad SMARTS) is 1. The first-order chi connectivity index (χ1) is 26.1. The number of rotatable bonds is 16. The first-order valence-electron chi connectivity index (χ1n) is 17.3. The SMILES string of the molecule is CC1(C)C(/C=C2/C(=O)C(/C=C3\N(CCCS(=O)(=O)O)c4ccc(S(=O)(=O)O)cc4C3(C)CCCC(=O)O)=C2O)=[N+](CCCS(=O)(=O)O)c2ccc(S(=O)(=O)O)cc21. The van der Waals surface area contributed by atoms with E-state index >= 15 is 0 Å². The molecular formula is C35H41N2O16S4+. The minimum absolute atomic E-state index is 0.0429. The van der Waals surface area contributed by atoms with E-state index in [4.69, 9.17) is 0 Å². The molecule has 0 saturated heterocycles. The summed E-state index contributed by atoms with van der Waals surface area (Å²) in [7, 11) is -18.2. The highest BCUT2D eigenvalue weighted by molar-refractivity contribution is 7.86. The van der Waals surface area contributed by atoms with Gasteiger partial charge in [0.2, 0.25) is 11.5 Å². The second-order valence-electron chi connectivity index (χ2n) is 14.7. The van der Waals surface area contributed by atoms with Crippen LogP contribution in [-0.4, -0.2) is 109 Å². The lowest BCUT2D eigenvalue weighted by Gasteiger charge is -2.32. The van der Waals surface area contributed by atoms with Gasteiger partial charge in [-0.2, -0.15) is 38.2 Å². The molecule has 0 bridgehead atoms. The Kier molecular flexibility index (Phi) is 11.6. The van der Waals surface area contributed by atoms with E-state index in [1.165, 1.54) is 36.4 Å². The van der Waals surface area contributed by atoms with Crippen LogP contribution in [0.15, 0.2) is 80.9 Å². The number of Topliss-reactive ketones (excluding diaryl/α,β-unsaturated/α-hetero) is 1. The maximum Gasteiger partial charge on any atom is 0.303 e. The van der Waals surface area contributed by atoms with Gasteiger partial charge >= 0.3 is 5.97 Å². The molecule has 2 aliphatic heterocycles. The summed E-state index contributed by atoms with van der Waals surface area (Å²) in [5.41, 5.74) is -0.882. The Balaban J connectivity index is 1.67. The number of allylic oxidation sites excluding steroid dienone is 5. The molecule has 18 nitrogen and oxygen atoms in total. The lowest BCUT2D eigenvalue weighted by molar-refractivity contribution is -0.437. The summed E-state index contributed by atoms with van der Waals surface area (Å²) < 4.78 is 135. The fourth-order valence-corrected chi connectivity index (χ4v) is 9.56. The number of nitrogens with zero attached hydrogens (tertiary/aromatic N) is 2. The molecule has 310 valence electrons. The lowest BCUT2D eigenvalue weighted by Crippen LogP contribution is -2.33. The minimum Gasteiger partial charge on any atom is -0.506 e. The number of aliphatic carboxylic acids is 1. The van der Waals surface area contributed by atoms with Gasteiger partial charge in [-0.05, 0) is 82.0 Å². The highest BCUT2D eigenvalue weighted by Gasteiger charge is 2.49. The highest BCUT2D eigenvalue weighted by Crippen LogP contribution is 2.52. The van der Waals surface area contributed by atoms with Crippen molar-refractivity contribution in [3.05, 3.63) is 82.3 Å². The molecule has 22 heteroatoms. The van der Waals surface area contributed by atoms with Gasteiger partial charge in [0.15, 0.2) is 5.71 Å². The van der Waals surface area contributed by atoms with Crippen molar-refractivity contribution in [3.8, 4) is 0 Å². The molecule has 0 radical (unpaired) electrons. The second kappa shape index (κ2) is 15.1. The summed E-state index contributed by atoms with van der Waals surface area (Å²) in [6.07, 6.45) is 2.18. The molecular weight excluding hydrogens is 833 g/mol. The van der Waals surface area contributed by atoms with E-state index in [2.05, 4.69) is 0 Å². The van der Waals surface area contributed by atoms with E-state index in [-0.39, 0.29) is 67.6 Å². The second-order valence-corrected chi connectivity index (χ2v) is 20.6. The third-order valence-electron chi connectivity index (χ3n) is 10.4. The van der Waals surface area contributed by atoms with Gasteiger partial charge in [0.05, 0.1) is 37.9 Å². The van der Waals surface area contributed by atoms with E-state index in [1.54, 1.807) is 30.2 Å². The zero-order valence-electron chi connectivity index (χ0n) is 30.8. The third-order valence-corrected chi connectivity index (χ3v) is 13.7. The molecule has 3 aliphatic rings. The van der Waals surface area contributed by atoms with Gasteiger partial charge in [0.25, 0.3) is 40.5 Å². The summed E-state index contributed by atoms with van der Waals surface area (Å²) >= 11 is 0. The lowest BCUT2D eigenvalue weighted by atomic mass is 9.75. The minimum atomic E-state index is -4.74.